The van der Waals surface area contributed by atoms with Crippen LogP contribution in [0.4, 0.5) is 0 Å². The third-order valence-electron chi connectivity index (χ3n) is 0.365. The van der Waals surface area contributed by atoms with Crippen LogP contribution in [-0.2, 0) is 0 Å². The Morgan fingerprint density at radius 2 is 2.00 bits per heavy atom. The molecule has 5 heavy (non-hydrogen) atoms. The van der Waals surface area contributed by atoms with Crippen molar-refractivity contribution in [3.05, 3.63) is 0 Å². The molecule has 0 rings (SSSR count). The smallest absolute Gasteiger partial charge is 0.199 e. The molecule has 0 aromatic heterocycles. The van der Waals surface area contributed by atoms with Gasteiger partial charge >= 0.3 is 0 Å². The van der Waals surface area contributed by atoms with E-state index in [9.17, 15) is 0 Å². The number of rotatable bonds is 1. The van der Waals surface area contributed by atoms with Crippen LogP contribution in [0, 0.1) is 0 Å². The Morgan fingerprint density at radius 1 is 1.80 bits per heavy atom. The molecule has 0 aromatic carbocycles. The fourth-order valence-corrected chi connectivity index (χ4v) is 0. The quantitative estimate of drug-likeness (QED) is 0.321. The number of nitrogens with zero attached hydrogens (tertiary/aromatic N) is 1. The van der Waals surface area contributed by atoms with Gasteiger partial charge in [-0.25, -0.2) is 0 Å². The minimum atomic E-state index is 1.71. The second-order valence-corrected chi connectivity index (χ2v) is 2.09. The lowest BCUT2D eigenvalue weighted by molar-refractivity contribution is 0.923. The summed E-state index contributed by atoms with van der Waals surface area (Å²) in [6.45, 7) is 0. The second-order valence-electron chi connectivity index (χ2n) is 0.995. The Labute approximate surface area is 38.3 Å². The van der Waals surface area contributed by atoms with Gasteiger partial charge in [-0.1, -0.05) is 11.9 Å². The van der Waals surface area contributed by atoms with Gasteiger partial charge in [0, 0.05) is 0 Å². The highest BCUT2D eigenvalue weighted by Crippen LogP contribution is 1.90. The van der Waals surface area contributed by atoms with E-state index in [4.69, 9.17) is 0 Å². The Bertz CT molecular complexity index is 23.6. The molecule has 0 fully saturated rings. The molecule has 0 amide bonds. The third-order valence-corrected chi connectivity index (χ3v) is 1.10. The fourth-order valence-electron chi connectivity index (χ4n) is 0. The SMILES string of the molecule is BN(C)SC. The van der Waals surface area contributed by atoms with Crippen LogP contribution in [0.2, 0.25) is 0 Å². The molecule has 3 heteroatoms. The van der Waals surface area contributed by atoms with Crippen molar-refractivity contribution in [3.8, 4) is 0 Å². The Balaban J connectivity index is 2.54. The Morgan fingerprint density at radius 3 is 2.00 bits per heavy atom. The van der Waals surface area contributed by atoms with E-state index in [0.29, 0.717) is 0 Å². The normalized spacial score (nSPS) is 9.40. The van der Waals surface area contributed by atoms with Gasteiger partial charge in [-0.15, -0.1) is 0 Å². The summed E-state index contributed by atoms with van der Waals surface area (Å²) in [7, 11) is 4.04. The minimum absolute atomic E-state index is 1.71. The van der Waals surface area contributed by atoms with Gasteiger partial charge < -0.3 is 4.22 Å². The first-order valence-electron chi connectivity index (χ1n) is 1.49. The van der Waals surface area contributed by atoms with Crippen LogP contribution in [-0.4, -0.2) is 25.5 Å². The van der Waals surface area contributed by atoms with E-state index in [1.165, 1.54) is 0 Å². The van der Waals surface area contributed by atoms with Crippen molar-refractivity contribution in [1.82, 2.24) is 4.22 Å². The number of hydrogen-bond acceptors (Lipinski definition) is 2. The molecule has 0 N–H and O–H groups in total. The zero-order valence-corrected chi connectivity index (χ0v) is 4.67. The van der Waals surface area contributed by atoms with E-state index in [-0.39, 0.29) is 0 Å². The van der Waals surface area contributed by atoms with Crippen molar-refractivity contribution in [3.63, 3.8) is 0 Å². The van der Waals surface area contributed by atoms with Gasteiger partial charge in [-0.05, 0) is 13.3 Å². The van der Waals surface area contributed by atoms with E-state index in [1.54, 1.807) is 11.9 Å². The van der Waals surface area contributed by atoms with Gasteiger partial charge in [0.1, 0.15) is 0 Å². The number of hydrogen-bond donors (Lipinski definition) is 0. The highest BCUT2D eigenvalue weighted by Gasteiger charge is 1.73. The highest BCUT2D eigenvalue weighted by molar-refractivity contribution is 7.97. The average molecular weight is 89.0 g/mol. The molecular formula is C2H8BNS. The molecule has 0 saturated heterocycles. The van der Waals surface area contributed by atoms with Crippen LogP contribution in [0.5, 0.6) is 0 Å². The van der Waals surface area contributed by atoms with Crippen molar-refractivity contribution in [1.29, 1.82) is 0 Å². The largest absolute Gasteiger partial charge is 0.301 e. The maximum absolute atomic E-state index is 2.04. The summed E-state index contributed by atoms with van der Waals surface area (Å²) in [4.78, 5) is 0. The molecule has 0 atom stereocenters. The first-order valence-corrected chi connectivity index (χ1v) is 2.67. The van der Waals surface area contributed by atoms with Crippen molar-refractivity contribution in [2.75, 3.05) is 13.3 Å². The average Bonchev–Trinajstić information content (AvgIpc) is 1.38. The van der Waals surface area contributed by atoms with Gasteiger partial charge in [0.15, 0.2) is 7.98 Å². The molecule has 0 aliphatic heterocycles. The van der Waals surface area contributed by atoms with E-state index in [0.717, 1.165) is 0 Å². The standard InChI is InChI=1S/C2H8BNS/c1-4(3)5-2/h3H2,1-2H3. The first kappa shape index (κ1) is 5.37. The Kier molecular flexibility index (Phi) is 2.80. The molecule has 0 radical (unpaired) electrons. The minimum Gasteiger partial charge on any atom is -0.301 e. The van der Waals surface area contributed by atoms with Crippen molar-refractivity contribution < 1.29 is 0 Å². The van der Waals surface area contributed by atoms with Crippen LogP contribution in [0.15, 0.2) is 0 Å². The predicted octanol–water partition coefficient (Wildman–Crippen LogP) is -0.256. The molecule has 0 spiro atoms. The molecule has 0 heterocycles. The molecule has 0 saturated carbocycles. The maximum Gasteiger partial charge on any atom is 0.199 e. The van der Waals surface area contributed by atoms with Crippen molar-refractivity contribution in [2.45, 2.75) is 0 Å². The second kappa shape index (κ2) is 2.60. The van der Waals surface area contributed by atoms with Crippen LogP contribution >= 0.6 is 11.9 Å². The van der Waals surface area contributed by atoms with Gasteiger partial charge in [-0.2, -0.15) is 0 Å². The molecule has 1 nitrogen and oxygen atoms in total. The summed E-state index contributed by atoms with van der Waals surface area (Å²) in [5, 5.41) is 0. The summed E-state index contributed by atoms with van der Waals surface area (Å²) in [6, 6.07) is 0. The third kappa shape index (κ3) is 4.37. The van der Waals surface area contributed by atoms with E-state index in [2.05, 4.69) is 0 Å². The summed E-state index contributed by atoms with van der Waals surface area (Å²) >= 11 is 1.71. The molecule has 0 aromatic rings. The van der Waals surface area contributed by atoms with Gasteiger partial charge in [-0.3, -0.25) is 0 Å². The van der Waals surface area contributed by atoms with Crippen LogP contribution < -0.4 is 0 Å². The molecule has 0 bridgehead atoms. The highest BCUT2D eigenvalue weighted by atomic mass is 32.2. The molecule has 0 unspecified atom stereocenters. The summed E-state index contributed by atoms with van der Waals surface area (Å²) in [5.41, 5.74) is 0. The fraction of sp³-hybridized carbons (Fsp3) is 1.00. The predicted molar refractivity (Wildman–Crippen MR) is 29.8 cm³/mol. The zero-order chi connectivity index (χ0) is 4.28. The molecule has 30 valence electrons. The van der Waals surface area contributed by atoms with Crippen LogP contribution in [0.25, 0.3) is 0 Å². The first-order chi connectivity index (χ1) is 2.27. The van der Waals surface area contributed by atoms with E-state index < -0.39 is 0 Å². The van der Waals surface area contributed by atoms with Crippen molar-refractivity contribution >= 4 is 19.9 Å². The van der Waals surface area contributed by atoms with Gasteiger partial charge in [0.25, 0.3) is 0 Å². The van der Waals surface area contributed by atoms with Gasteiger partial charge in [0.2, 0.25) is 0 Å². The zero-order valence-electron chi connectivity index (χ0n) is 3.86. The lowest BCUT2D eigenvalue weighted by atomic mass is 10.5. The van der Waals surface area contributed by atoms with E-state index >= 15 is 0 Å². The molecule has 0 aliphatic carbocycles. The monoisotopic (exact) mass is 89.0 g/mol. The maximum atomic E-state index is 2.04. The van der Waals surface area contributed by atoms with E-state index in [1.807, 2.05) is 25.5 Å². The summed E-state index contributed by atoms with van der Waals surface area (Å²) in [6.07, 6.45) is 2.04. The summed E-state index contributed by atoms with van der Waals surface area (Å²) in [5.74, 6) is 0. The topological polar surface area (TPSA) is 3.24 Å². The van der Waals surface area contributed by atoms with Gasteiger partial charge in [0.05, 0.1) is 0 Å². The van der Waals surface area contributed by atoms with Crippen LogP contribution in [0.3, 0.4) is 0 Å². The van der Waals surface area contributed by atoms with Crippen LogP contribution in [0.1, 0.15) is 0 Å². The van der Waals surface area contributed by atoms with Crippen molar-refractivity contribution in [2.24, 2.45) is 0 Å². The lowest BCUT2D eigenvalue weighted by Crippen LogP contribution is -1.98. The lowest BCUT2D eigenvalue weighted by Gasteiger charge is -1.99. The summed E-state index contributed by atoms with van der Waals surface area (Å²) < 4.78 is 2.04. The Hall–Kier alpha value is 0.375. The molecule has 0 aliphatic rings. The molecular weight excluding hydrogens is 80.9 g/mol.